The zero-order valence-electron chi connectivity index (χ0n) is 11.6. The zero-order chi connectivity index (χ0) is 12.8. The van der Waals surface area contributed by atoms with Gasteiger partial charge in [-0.15, -0.1) is 0 Å². The summed E-state index contributed by atoms with van der Waals surface area (Å²) >= 11 is 0. The fourth-order valence-corrected chi connectivity index (χ4v) is 2.42. The van der Waals surface area contributed by atoms with Crippen molar-refractivity contribution in [1.82, 2.24) is 9.80 Å². The molecule has 0 unspecified atom stereocenters. The van der Waals surface area contributed by atoms with Gasteiger partial charge in [-0.2, -0.15) is 0 Å². The molecule has 0 spiro atoms. The van der Waals surface area contributed by atoms with Crippen molar-refractivity contribution in [3.05, 3.63) is 35.4 Å². The van der Waals surface area contributed by atoms with Crippen molar-refractivity contribution in [3.63, 3.8) is 0 Å². The summed E-state index contributed by atoms with van der Waals surface area (Å²) in [6.45, 7) is 9.85. The first-order chi connectivity index (χ1) is 8.79. The molecular weight excluding hydrogens is 224 g/mol. The van der Waals surface area contributed by atoms with Crippen LogP contribution in [0.1, 0.15) is 11.1 Å². The van der Waals surface area contributed by atoms with Crippen LogP contribution in [0.15, 0.2) is 24.3 Å². The molecule has 18 heavy (non-hydrogen) atoms. The molecule has 1 heterocycles. The van der Waals surface area contributed by atoms with Gasteiger partial charge in [-0.05, 0) is 18.1 Å². The van der Waals surface area contributed by atoms with Crippen LogP contribution in [0.25, 0.3) is 0 Å². The zero-order valence-corrected chi connectivity index (χ0v) is 11.6. The van der Waals surface area contributed by atoms with Crippen LogP contribution in [-0.4, -0.2) is 56.2 Å². The van der Waals surface area contributed by atoms with Gasteiger partial charge in [0.2, 0.25) is 0 Å². The molecule has 1 aliphatic heterocycles. The van der Waals surface area contributed by atoms with E-state index in [2.05, 4.69) is 41.0 Å². The number of nitrogens with zero attached hydrogens (tertiary/aromatic N) is 2. The second kappa shape index (κ2) is 6.88. The highest BCUT2D eigenvalue weighted by atomic mass is 16.5. The number of ether oxygens (including phenoxy) is 1. The van der Waals surface area contributed by atoms with Crippen molar-refractivity contribution in [3.8, 4) is 0 Å². The fraction of sp³-hybridized carbons (Fsp3) is 0.600. The predicted octanol–water partition coefficient (Wildman–Crippen LogP) is 1.76. The molecule has 1 aromatic carbocycles. The van der Waals surface area contributed by atoms with Crippen molar-refractivity contribution in [2.24, 2.45) is 0 Å². The predicted molar refractivity (Wildman–Crippen MR) is 74.8 cm³/mol. The van der Waals surface area contributed by atoms with E-state index in [1.54, 1.807) is 7.11 Å². The van der Waals surface area contributed by atoms with Gasteiger partial charge in [-0.25, -0.2) is 0 Å². The Morgan fingerprint density at radius 2 is 1.72 bits per heavy atom. The van der Waals surface area contributed by atoms with Gasteiger partial charge in [0.25, 0.3) is 0 Å². The van der Waals surface area contributed by atoms with Crippen LogP contribution < -0.4 is 0 Å². The molecule has 3 heteroatoms. The summed E-state index contributed by atoms with van der Waals surface area (Å²) in [6, 6.07) is 8.69. The van der Waals surface area contributed by atoms with Crippen LogP contribution in [0.2, 0.25) is 0 Å². The van der Waals surface area contributed by atoms with E-state index in [0.29, 0.717) is 0 Å². The lowest BCUT2D eigenvalue weighted by atomic mass is 10.1. The third-order valence-electron chi connectivity index (χ3n) is 3.73. The number of hydrogen-bond acceptors (Lipinski definition) is 3. The summed E-state index contributed by atoms with van der Waals surface area (Å²) in [5.41, 5.74) is 2.86. The maximum absolute atomic E-state index is 5.13. The molecule has 0 radical (unpaired) electrons. The number of hydrogen-bond donors (Lipinski definition) is 0. The fourth-order valence-electron chi connectivity index (χ4n) is 2.42. The molecule has 2 rings (SSSR count). The van der Waals surface area contributed by atoms with E-state index in [9.17, 15) is 0 Å². The van der Waals surface area contributed by atoms with Gasteiger partial charge in [-0.3, -0.25) is 9.80 Å². The van der Waals surface area contributed by atoms with Crippen molar-refractivity contribution in [2.75, 3.05) is 46.4 Å². The summed E-state index contributed by atoms with van der Waals surface area (Å²) in [6.07, 6.45) is 0. The summed E-state index contributed by atoms with van der Waals surface area (Å²) in [5.74, 6) is 0. The highest BCUT2D eigenvalue weighted by Gasteiger charge is 2.16. The molecule has 0 atom stereocenters. The van der Waals surface area contributed by atoms with Crippen molar-refractivity contribution < 1.29 is 4.74 Å². The Labute approximate surface area is 110 Å². The summed E-state index contributed by atoms with van der Waals surface area (Å²) in [5, 5.41) is 0. The molecule has 0 N–H and O–H groups in total. The van der Waals surface area contributed by atoms with Crippen LogP contribution in [0.4, 0.5) is 0 Å². The lowest BCUT2D eigenvalue weighted by molar-refractivity contribution is 0.0937. The quantitative estimate of drug-likeness (QED) is 0.789. The number of benzene rings is 1. The van der Waals surface area contributed by atoms with Gasteiger partial charge in [0, 0.05) is 46.4 Å². The normalized spacial score (nSPS) is 18.1. The first-order valence-electron chi connectivity index (χ1n) is 6.78. The molecule has 100 valence electrons. The molecular formula is C15H24N2O. The summed E-state index contributed by atoms with van der Waals surface area (Å²) in [7, 11) is 1.77. The molecule has 0 saturated carbocycles. The molecule has 1 aliphatic rings. The van der Waals surface area contributed by atoms with E-state index in [0.717, 1.165) is 45.9 Å². The summed E-state index contributed by atoms with van der Waals surface area (Å²) < 4.78 is 5.13. The standard InChI is InChI=1S/C15H24N2O/c1-14-5-3-4-6-15(14)13-17-9-7-16(8-10-17)11-12-18-2/h3-6H,7-13H2,1-2H3. The van der Waals surface area contributed by atoms with Crippen LogP contribution in [-0.2, 0) is 11.3 Å². The minimum absolute atomic E-state index is 0.845. The van der Waals surface area contributed by atoms with Crippen molar-refractivity contribution in [1.29, 1.82) is 0 Å². The average Bonchev–Trinajstić information content (AvgIpc) is 2.41. The maximum atomic E-state index is 5.13. The largest absolute Gasteiger partial charge is 0.383 e. The van der Waals surface area contributed by atoms with Crippen LogP contribution in [0.3, 0.4) is 0 Å². The van der Waals surface area contributed by atoms with E-state index >= 15 is 0 Å². The summed E-state index contributed by atoms with van der Waals surface area (Å²) in [4.78, 5) is 5.03. The molecule has 1 saturated heterocycles. The molecule has 1 aromatic rings. The Morgan fingerprint density at radius 3 is 2.39 bits per heavy atom. The highest BCUT2D eigenvalue weighted by Crippen LogP contribution is 2.12. The molecule has 0 bridgehead atoms. The highest BCUT2D eigenvalue weighted by molar-refractivity contribution is 5.25. The number of methoxy groups -OCH3 is 1. The van der Waals surface area contributed by atoms with Gasteiger partial charge in [0.1, 0.15) is 0 Å². The monoisotopic (exact) mass is 248 g/mol. The SMILES string of the molecule is COCCN1CCN(Cc2ccccc2C)CC1. The van der Waals surface area contributed by atoms with Crippen LogP contribution in [0.5, 0.6) is 0 Å². The van der Waals surface area contributed by atoms with E-state index in [4.69, 9.17) is 4.74 Å². The molecule has 1 fully saturated rings. The Hall–Kier alpha value is -0.900. The Morgan fingerprint density at radius 1 is 1.06 bits per heavy atom. The Kier molecular flexibility index (Phi) is 5.17. The lowest BCUT2D eigenvalue weighted by Gasteiger charge is -2.34. The van der Waals surface area contributed by atoms with Gasteiger partial charge in [0.05, 0.1) is 6.61 Å². The number of piperazine rings is 1. The van der Waals surface area contributed by atoms with Gasteiger partial charge in [-0.1, -0.05) is 24.3 Å². The van der Waals surface area contributed by atoms with Crippen LogP contribution in [0, 0.1) is 6.92 Å². The lowest BCUT2D eigenvalue weighted by Crippen LogP contribution is -2.46. The van der Waals surface area contributed by atoms with E-state index < -0.39 is 0 Å². The topological polar surface area (TPSA) is 15.7 Å². The number of aryl methyl sites for hydroxylation is 1. The van der Waals surface area contributed by atoms with Gasteiger partial charge < -0.3 is 4.74 Å². The average molecular weight is 248 g/mol. The first kappa shape index (κ1) is 13.5. The number of rotatable bonds is 5. The van der Waals surface area contributed by atoms with E-state index in [1.807, 2.05) is 0 Å². The third-order valence-corrected chi connectivity index (χ3v) is 3.73. The smallest absolute Gasteiger partial charge is 0.0589 e. The Bertz CT molecular complexity index is 359. The van der Waals surface area contributed by atoms with Crippen molar-refractivity contribution >= 4 is 0 Å². The van der Waals surface area contributed by atoms with Gasteiger partial charge >= 0.3 is 0 Å². The maximum Gasteiger partial charge on any atom is 0.0589 e. The Balaban J connectivity index is 1.78. The second-order valence-corrected chi connectivity index (χ2v) is 5.04. The van der Waals surface area contributed by atoms with E-state index in [-0.39, 0.29) is 0 Å². The van der Waals surface area contributed by atoms with E-state index in [1.165, 1.54) is 11.1 Å². The van der Waals surface area contributed by atoms with Gasteiger partial charge in [0.15, 0.2) is 0 Å². The second-order valence-electron chi connectivity index (χ2n) is 5.04. The molecule has 0 aromatic heterocycles. The molecule has 0 aliphatic carbocycles. The minimum atomic E-state index is 0.845. The van der Waals surface area contributed by atoms with Crippen molar-refractivity contribution in [2.45, 2.75) is 13.5 Å². The minimum Gasteiger partial charge on any atom is -0.383 e. The third kappa shape index (κ3) is 3.80. The first-order valence-corrected chi connectivity index (χ1v) is 6.78. The molecule has 0 amide bonds. The van der Waals surface area contributed by atoms with Crippen LogP contribution >= 0.6 is 0 Å². The molecule has 3 nitrogen and oxygen atoms in total.